The second-order valence-corrected chi connectivity index (χ2v) is 3.03. The third-order valence-corrected chi connectivity index (χ3v) is 1.77. The van der Waals surface area contributed by atoms with Gasteiger partial charge in [-0.1, -0.05) is 11.6 Å². The molecule has 0 heterocycles. The van der Waals surface area contributed by atoms with E-state index in [0.29, 0.717) is 0 Å². The van der Waals surface area contributed by atoms with E-state index in [-0.39, 0.29) is 5.54 Å². The molecule has 0 aromatic heterocycles. The minimum Gasteiger partial charge on any atom is -0.322 e. The molecule has 0 amide bonds. The molecule has 2 heteroatoms. The van der Waals surface area contributed by atoms with Crippen LogP contribution in [0, 0.1) is 0 Å². The van der Waals surface area contributed by atoms with Gasteiger partial charge in [0, 0.05) is 5.54 Å². The summed E-state index contributed by atoms with van der Waals surface area (Å²) < 4.78 is 0. The molecular formula is C6H12NP. The highest BCUT2D eigenvalue weighted by Gasteiger charge is 2.38. The van der Waals surface area contributed by atoms with Crippen LogP contribution >= 0.6 is 9.24 Å². The standard InChI is InChI=1S/C6H12NP/c1-6(7)4-5(6)2-3-8/h2H,3-4,7-8H2,1H3/b5-2+. The third kappa shape index (κ3) is 1.10. The summed E-state index contributed by atoms with van der Waals surface area (Å²) in [6, 6.07) is 0. The molecule has 0 aromatic carbocycles. The number of rotatable bonds is 1. The Balaban J connectivity index is 2.47. The summed E-state index contributed by atoms with van der Waals surface area (Å²) in [6.07, 6.45) is 4.33. The maximum atomic E-state index is 5.72. The third-order valence-electron chi connectivity index (χ3n) is 1.53. The lowest BCUT2D eigenvalue weighted by molar-refractivity contribution is 0.793. The maximum absolute atomic E-state index is 5.72. The molecule has 46 valence electrons. The van der Waals surface area contributed by atoms with Crippen molar-refractivity contribution in [2.75, 3.05) is 6.16 Å². The van der Waals surface area contributed by atoms with E-state index in [4.69, 9.17) is 5.73 Å². The Morgan fingerprint density at radius 2 is 2.50 bits per heavy atom. The van der Waals surface area contributed by atoms with Gasteiger partial charge in [0.25, 0.3) is 0 Å². The molecule has 1 aliphatic carbocycles. The van der Waals surface area contributed by atoms with Gasteiger partial charge in [-0.05, 0) is 19.5 Å². The molecule has 0 aromatic rings. The molecule has 0 radical (unpaired) electrons. The fraction of sp³-hybridized carbons (Fsp3) is 0.667. The minimum absolute atomic E-state index is 0.0660. The number of hydrogen-bond acceptors (Lipinski definition) is 1. The predicted molar refractivity (Wildman–Crippen MR) is 39.9 cm³/mol. The smallest absolute Gasteiger partial charge is 0.0379 e. The average molecular weight is 129 g/mol. The van der Waals surface area contributed by atoms with Crippen LogP contribution in [-0.2, 0) is 0 Å². The zero-order valence-corrected chi connectivity index (χ0v) is 6.30. The molecule has 8 heavy (non-hydrogen) atoms. The molecule has 2 N–H and O–H groups in total. The molecule has 1 fully saturated rings. The zero-order chi connectivity index (χ0) is 6.20. The van der Waals surface area contributed by atoms with Crippen molar-refractivity contribution in [1.82, 2.24) is 0 Å². The normalized spacial score (nSPS) is 40.6. The van der Waals surface area contributed by atoms with Crippen molar-refractivity contribution in [2.24, 2.45) is 5.73 Å². The van der Waals surface area contributed by atoms with Crippen LogP contribution in [0.2, 0.25) is 0 Å². The van der Waals surface area contributed by atoms with E-state index in [9.17, 15) is 0 Å². The first-order chi connectivity index (χ1) is 3.67. The van der Waals surface area contributed by atoms with E-state index in [2.05, 4.69) is 22.2 Å². The lowest BCUT2D eigenvalue weighted by Crippen LogP contribution is -2.16. The molecule has 0 bridgehead atoms. The van der Waals surface area contributed by atoms with Crippen LogP contribution in [0.5, 0.6) is 0 Å². The fourth-order valence-corrected chi connectivity index (χ4v) is 1.08. The summed E-state index contributed by atoms with van der Waals surface area (Å²) in [5.74, 6) is 0. The average Bonchev–Trinajstić information content (AvgIpc) is 2.15. The Bertz CT molecular complexity index is 126. The highest BCUT2D eigenvalue weighted by Crippen LogP contribution is 2.39. The number of nitrogens with two attached hydrogens (primary N) is 1. The highest BCUT2D eigenvalue weighted by molar-refractivity contribution is 7.16. The van der Waals surface area contributed by atoms with Gasteiger partial charge in [-0.3, -0.25) is 0 Å². The van der Waals surface area contributed by atoms with Gasteiger partial charge in [-0.25, -0.2) is 0 Å². The Hall–Kier alpha value is 0.130. The minimum atomic E-state index is 0.0660. The van der Waals surface area contributed by atoms with E-state index in [1.165, 1.54) is 5.57 Å². The second-order valence-electron chi connectivity index (χ2n) is 2.56. The van der Waals surface area contributed by atoms with Crippen LogP contribution < -0.4 is 5.73 Å². The van der Waals surface area contributed by atoms with Crippen molar-refractivity contribution in [2.45, 2.75) is 18.9 Å². The molecular weight excluding hydrogens is 117 g/mol. The van der Waals surface area contributed by atoms with Gasteiger partial charge in [0.05, 0.1) is 0 Å². The van der Waals surface area contributed by atoms with Crippen molar-refractivity contribution in [1.29, 1.82) is 0 Å². The lowest BCUT2D eigenvalue weighted by atomic mass is 10.3. The van der Waals surface area contributed by atoms with Crippen LogP contribution in [-0.4, -0.2) is 11.7 Å². The summed E-state index contributed by atoms with van der Waals surface area (Å²) in [4.78, 5) is 0. The SMILES string of the molecule is CC1(N)C/C1=C\CP. The molecule has 1 rings (SSSR count). The van der Waals surface area contributed by atoms with Crippen molar-refractivity contribution in [3.8, 4) is 0 Å². The lowest BCUT2D eigenvalue weighted by Gasteiger charge is -1.91. The fourth-order valence-electron chi connectivity index (χ4n) is 0.799. The van der Waals surface area contributed by atoms with Crippen LogP contribution in [0.3, 0.4) is 0 Å². The topological polar surface area (TPSA) is 26.0 Å². The Kier molecular flexibility index (Phi) is 1.42. The quantitative estimate of drug-likeness (QED) is 0.413. The van der Waals surface area contributed by atoms with Crippen molar-refractivity contribution < 1.29 is 0 Å². The Labute approximate surface area is 52.5 Å². The largest absolute Gasteiger partial charge is 0.322 e. The molecule has 1 saturated carbocycles. The summed E-state index contributed by atoms with van der Waals surface area (Å²) in [7, 11) is 2.66. The van der Waals surface area contributed by atoms with E-state index < -0.39 is 0 Å². The van der Waals surface area contributed by atoms with Gasteiger partial charge in [0.15, 0.2) is 0 Å². The van der Waals surface area contributed by atoms with Gasteiger partial charge in [0.2, 0.25) is 0 Å². The first kappa shape index (κ1) is 6.25. The van der Waals surface area contributed by atoms with Crippen molar-refractivity contribution in [3.63, 3.8) is 0 Å². The van der Waals surface area contributed by atoms with Gasteiger partial charge < -0.3 is 5.73 Å². The molecule has 1 aliphatic rings. The predicted octanol–water partition coefficient (Wildman–Crippen LogP) is 0.909. The van der Waals surface area contributed by atoms with E-state index in [0.717, 1.165) is 12.6 Å². The summed E-state index contributed by atoms with van der Waals surface area (Å²) >= 11 is 0. The van der Waals surface area contributed by atoms with E-state index in [1.54, 1.807) is 0 Å². The van der Waals surface area contributed by atoms with Crippen LogP contribution in [0.1, 0.15) is 13.3 Å². The molecule has 1 nitrogen and oxygen atoms in total. The first-order valence-electron chi connectivity index (χ1n) is 2.85. The van der Waals surface area contributed by atoms with E-state index in [1.807, 2.05) is 0 Å². The number of allylic oxidation sites excluding steroid dienone is 1. The molecule has 0 aliphatic heterocycles. The van der Waals surface area contributed by atoms with Gasteiger partial charge in [0.1, 0.15) is 0 Å². The van der Waals surface area contributed by atoms with Crippen molar-refractivity contribution in [3.05, 3.63) is 11.6 Å². The van der Waals surface area contributed by atoms with Crippen LogP contribution in [0.15, 0.2) is 11.6 Å². The van der Waals surface area contributed by atoms with Crippen LogP contribution in [0.25, 0.3) is 0 Å². The summed E-state index contributed by atoms with van der Waals surface area (Å²) in [6.45, 7) is 2.07. The molecule has 2 atom stereocenters. The maximum Gasteiger partial charge on any atom is 0.0379 e. The molecule has 0 saturated heterocycles. The molecule has 0 spiro atoms. The number of hydrogen-bond donors (Lipinski definition) is 1. The summed E-state index contributed by atoms with van der Waals surface area (Å²) in [5, 5.41) is 0. The highest BCUT2D eigenvalue weighted by atomic mass is 31.0. The van der Waals surface area contributed by atoms with Gasteiger partial charge >= 0.3 is 0 Å². The summed E-state index contributed by atoms with van der Waals surface area (Å²) in [5.41, 5.74) is 7.19. The van der Waals surface area contributed by atoms with Gasteiger partial charge in [-0.2, -0.15) is 0 Å². The first-order valence-corrected chi connectivity index (χ1v) is 3.67. The van der Waals surface area contributed by atoms with Crippen LogP contribution in [0.4, 0.5) is 0 Å². The second kappa shape index (κ2) is 1.82. The zero-order valence-electron chi connectivity index (χ0n) is 5.15. The van der Waals surface area contributed by atoms with E-state index >= 15 is 0 Å². The Morgan fingerprint density at radius 1 is 2.00 bits per heavy atom. The molecule has 2 unspecified atom stereocenters. The Morgan fingerprint density at radius 3 is 2.62 bits per heavy atom. The van der Waals surface area contributed by atoms with Gasteiger partial charge in [-0.15, -0.1) is 9.24 Å². The monoisotopic (exact) mass is 129 g/mol. The van der Waals surface area contributed by atoms with Crippen molar-refractivity contribution >= 4 is 9.24 Å².